The van der Waals surface area contributed by atoms with Crippen molar-refractivity contribution < 1.29 is 27.5 Å². The highest BCUT2D eigenvalue weighted by Crippen LogP contribution is 2.34. The molecule has 0 saturated heterocycles. The second-order valence-corrected chi connectivity index (χ2v) is 7.48. The molecule has 33 heavy (non-hydrogen) atoms. The number of aryl methyl sites for hydroxylation is 1. The smallest absolute Gasteiger partial charge is 0.387 e. The summed E-state index contributed by atoms with van der Waals surface area (Å²) in [5, 5.41) is 8.92. The number of hydrogen-bond acceptors (Lipinski definition) is 6. The van der Waals surface area contributed by atoms with Crippen LogP contribution in [0.3, 0.4) is 0 Å². The average Bonchev–Trinajstić information content (AvgIpc) is 3.48. The molecule has 1 atom stereocenters. The summed E-state index contributed by atoms with van der Waals surface area (Å²) in [5.74, 6) is 0.369. The first-order valence-corrected chi connectivity index (χ1v) is 10.3. The summed E-state index contributed by atoms with van der Waals surface area (Å²) in [6.45, 7) is -1.10. The third-order valence-electron chi connectivity index (χ3n) is 5.25. The second-order valence-electron chi connectivity index (χ2n) is 7.48. The van der Waals surface area contributed by atoms with Crippen LogP contribution in [0.1, 0.15) is 29.3 Å². The van der Waals surface area contributed by atoms with E-state index in [1.54, 1.807) is 18.4 Å². The lowest BCUT2D eigenvalue weighted by Gasteiger charge is -2.20. The monoisotopic (exact) mass is 455 g/mol. The van der Waals surface area contributed by atoms with E-state index in [9.17, 15) is 13.6 Å². The highest BCUT2D eigenvalue weighted by molar-refractivity contribution is 6.03. The fourth-order valence-corrected chi connectivity index (χ4v) is 3.60. The van der Waals surface area contributed by atoms with Gasteiger partial charge in [-0.2, -0.15) is 13.9 Å². The molecule has 0 radical (unpaired) electrons. The first kappa shape index (κ1) is 22.3. The number of alkyl halides is 2. The summed E-state index contributed by atoms with van der Waals surface area (Å²) in [7, 11) is 1.36. The summed E-state index contributed by atoms with van der Waals surface area (Å²) in [6.07, 6.45) is 2.07. The summed E-state index contributed by atoms with van der Waals surface area (Å²) in [4.78, 5) is 13.1. The molecule has 172 valence electrons. The number of nitrogens with zero attached hydrogens (tertiary/aromatic N) is 2. The maximum atomic E-state index is 13.1. The summed E-state index contributed by atoms with van der Waals surface area (Å²) < 4.78 is 40.4. The van der Waals surface area contributed by atoms with Gasteiger partial charge in [-0.05, 0) is 36.8 Å². The van der Waals surface area contributed by atoms with Gasteiger partial charge >= 0.3 is 6.61 Å². The predicted octanol–water partition coefficient (Wildman–Crippen LogP) is 4.99. The van der Waals surface area contributed by atoms with E-state index in [1.165, 1.54) is 24.3 Å². The fourth-order valence-electron chi connectivity index (χ4n) is 3.60. The number of nitrogens with one attached hydrogen (secondary N) is 1. The first-order chi connectivity index (χ1) is 15.9. The van der Waals surface area contributed by atoms with Crippen molar-refractivity contribution in [2.45, 2.75) is 26.0 Å². The molecule has 1 N–H and O–H groups in total. The minimum Gasteiger partial charge on any atom is -0.493 e. The molecule has 0 spiro atoms. The number of carbonyl (C=O) groups is 1. The quantitative estimate of drug-likeness (QED) is 0.518. The standard InChI is InChI=1S/C24H23F2N3O4/c1-15-5-7-16(8-6-15)18-13-19(20-4-3-11-32-20)29(28-18)23(30)14-27-17-9-10-21(31-2)22(12-17)33-24(25)26/h3-12,19,24,27H,13-14H2,1-2H3. The van der Waals surface area contributed by atoms with Crippen molar-refractivity contribution in [1.82, 2.24) is 5.01 Å². The zero-order valence-electron chi connectivity index (χ0n) is 18.1. The van der Waals surface area contributed by atoms with E-state index in [4.69, 9.17) is 9.15 Å². The number of methoxy groups -OCH3 is 1. The Morgan fingerprint density at radius 3 is 2.67 bits per heavy atom. The minimum absolute atomic E-state index is 0.109. The lowest BCUT2D eigenvalue weighted by molar-refractivity contribution is -0.131. The zero-order valence-corrected chi connectivity index (χ0v) is 18.1. The zero-order chi connectivity index (χ0) is 23.4. The average molecular weight is 455 g/mol. The van der Waals surface area contributed by atoms with Crippen molar-refractivity contribution in [3.05, 3.63) is 77.7 Å². The van der Waals surface area contributed by atoms with Gasteiger partial charge in [0.2, 0.25) is 0 Å². The molecule has 1 aliphatic rings. The van der Waals surface area contributed by atoms with Crippen molar-refractivity contribution in [2.24, 2.45) is 5.10 Å². The van der Waals surface area contributed by atoms with E-state index in [0.717, 1.165) is 16.8 Å². The van der Waals surface area contributed by atoms with Crippen LogP contribution in [-0.4, -0.2) is 36.9 Å². The normalized spacial score (nSPS) is 15.5. The van der Waals surface area contributed by atoms with Gasteiger partial charge < -0.3 is 19.2 Å². The molecular weight excluding hydrogens is 432 g/mol. The maximum Gasteiger partial charge on any atom is 0.387 e. The van der Waals surface area contributed by atoms with Gasteiger partial charge in [-0.1, -0.05) is 29.8 Å². The number of anilines is 1. The Morgan fingerprint density at radius 1 is 1.21 bits per heavy atom. The van der Waals surface area contributed by atoms with E-state index in [-0.39, 0.29) is 30.0 Å². The van der Waals surface area contributed by atoms with Crippen molar-refractivity contribution in [3.8, 4) is 11.5 Å². The molecular formula is C24H23F2N3O4. The molecule has 1 aromatic heterocycles. The van der Waals surface area contributed by atoms with E-state index in [1.807, 2.05) is 37.3 Å². The van der Waals surface area contributed by atoms with Crippen LogP contribution in [0.4, 0.5) is 14.5 Å². The van der Waals surface area contributed by atoms with Crippen LogP contribution in [0, 0.1) is 6.92 Å². The highest BCUT2D eigenvalue weighted by atomic mass is 19.3. The number of hydrazone groups is 1. The largest absolute Gasteiger partial charge is 0.493 e. The van der Waals surface area contributed by atoms with Crippen LogP contribution in [0.2, 0.25) is 0 Å². The van der Waals surface area contributed by atoms with Crippen LogP contribution >= 0.6 is 0 Å². The Balaban J connectivity index is 1.52. The third kappa shape index (κ3) is 5.14. The molecule has 2 aromatic carbocycles. The first-order valence-electron chi connectivity index (χ1n) is 10.3. The maximum absolute atomic E-state index is 13.1. The molecule has 1 aliphatic heterocycles. The summed E-state index contributed by atoms with van der Waals surface area (Å²) in [6, 6.07) is 15.6. The molecule has 4 rings (SSSR count). The van der Waals surface area contributed by atoms with Gasteiger partial charge in [0, 0.05) is 18.2 Å². The number of ether oxygens (including phenoxy) is 2. The third-order valence-corrected chi connectivity index (χ3v) is 5.25. The number of rotatable bonds is 8. The summed E-state index contributed by atoms with van der Waals surface area (Å²) in [5.41, 5.74) is 3.27. The number of amides is 1. The van der Waals surface area contributed by atoms with Gasteiger partial charge in [0.1, 0.15) is 11.8 Å². The molecule has 1 unspecified atom stereocenters. The van der Waals surface area contributed by atoms with Crippen LogP contribution in [0.15, 0.2) is 70.4 Å². The molecule has 9 heteroatoms. The van der Waals surface area contributed by atoms with Crippen molar-refractivity contribution >= 4 is 17.3 Å². The van der Waals surface area contributed by atoms with Crippen molar-refractivity contribution in [2.75, 3.05) is 19.0 Å². The Labute approximate surface area is 189 Å². The van der Waals surface area contributed by atoms with Gasteiger partial charge in [-0.15, -0.1) is 0 Å². The molecule has 0 fully saturated rings. The molecule has 2 heterocycles. The minimum atomic E-state index is -3.00. The van der Waals surface area contributed by atoms with Gasteiger partial charge in [0.25, 0.3) is 5.91 Å². The van der Waals surface area contributed by atoms with Gasteiger partial charge in [0.15, 0.2) is 11.5 Å². The van der Waals surface area contributed by atoms with Crippen LogP contribution in [0.25, 0.3) is 0 Å². The SMILES string of the molecule is COc1ccc(NCC(=O)N2N=C(c3ccc(C)cc3)CC2c2ccco2)cc1OC(F)F. The summed E-state index contributed by atoms with van der Waals surface area (Å²) >= 11 is 0. The van der Waals surface area contributed by atoms with Gasteiger partial charge in [0.05, 0.1) is 25.6 Å². The Morgan fingerprint density at radius 2 is 2.00 bits per heavy atom. The van der Waals surface area contributed by atoms with E-state index >= 15 is 0 Å². The Hall–Kier alpha value is -3.88. The van der Waals surface area contributed by atoms with E-state index < -0.39 is 6.61 Å². The van der Waals surface area contributed by atoms with Crippen LogP contribution in [0.5, 0.6) is 11.5 Å². The molecule has 1 amide bonds. The fraction of sp³-hybridized carbons (Fsp3) is 0.250. The molecule has 3 aromatic rings. The number of benzene rings is 2. The number of furan rings is 1. The Bertz CT molecular complexity index is 1130. The van der Waals surface area contributed by atoms with Gasteiger partial charge in [-0.25, -0.2) is 5.01 Å². The Kier molecular flexibility index (Phi) is 6.58. The van der Waals surface area contributed by atoms with E-state index in [0.29, 0.717) is 17.9 Å². The van der Waals surface area contributed by atoms with Crippen LogP contribution < -0.4 is 14.8 Å². The molecule has 0 aliphatic carbocycles. The van der Waals surface area contributed by atoms with Crippen molar-refractivity contribution in [3.63, 3.8) is 0 Å². The van der Waals surface area contributed by atoms with E-state index in [2.05, 4.69) is 15.2 Å². The highest BCUT2D eigenvalue weighted by Gasteiger charge is 2.34. The van der Waals surface area contributed by atoms with Crippen molar-refractivity contribution in [1.29, 1.82) is 0 Å². The molecule has 0 bridgehead atoms. The lowest BCUT2D eigenvalue weighted by Crippen LogP contribution is -2.32. The van der Waals surface area contributed by atoms with Gasteiger partial charge in [-0.3, -0.25) is 4.79 Å². The second kappa shape index (κ2) is 9.72. The number of hydrogen-bond donors (Lipinski definition) is 1. The number of carbonyl (C=O) groups excluding carboxylic acids is 1. The topological polar surface area (TPSA) is 76.3 Å². The van der Waals surface area contributed by atoms with Crippen LogP contribution in [-0.2, 0) is 4.79 Å². The predicted molar refractivity (Wildman–Crippen MR) is 119 cm³/mol. The number of halogens is 2. The molecule has 0 saturated carbocycles. The lowest BCUT2D eigenvalue weighted by atomic mass is 10.0. The molecule has 7 nitrogen and oxygen atoms in total.